The minimum Gasteiger partial charge on any atom is -0.320 e. The summed E-state index contributed by atoms with van der Waals surface area (Å²) in [5.74, 6) is 2.95. The van der Waals surface area contributed by atoms with Gasteiger partial charge in [0, 0.05) is 0 Å². The summed E-state index contributed by atoms with van der Waals surface area (Å²) in [7, 11) is 2.05. The molecule has 1 fully saturated rings. The molecule has 12 heavy (non-hydrogen) atoms. The fourth-order valence-corrected chi connectivity index (χ4v) is 2.33. The summed E-state index contributed by atoms with van der Waals surface area (Å²) in [5, 5.41) is 3.24. The average molecular weight is 169 g/mol. The largest absolute Gasteiger partial charge is 0.320 e. The summed E-state index contributed by atoms with van der Waals surface area (Å²) >= 11 is 0. The van der Waals surface area contributed by atoms with Crippen molar-refractivity contribution >= 4 is 0 Å². The highest BCUT2D eigenvalue weighted by molar-refractivity contribution is 4.77. The topological polar surface area (TPSA) is 12.0 Å². The van der Waals surface area contributed by atoms with E-state index < -0.39 is 0 Å². The van der Waals surface area contributed by atoms with Crippen LogP contribution in [-0.2, 0) is 0 Å². The molecule has 0 amide bonds. The monoisotopic (exact) mass is 169 g/mol. The van der Waals surface area contributed by atoms with E-state index in [1.54, 1.807) is 0 Å². The first-order valence-electron chi connectivity index (χ1n) is 5.38. The first-order chi connectivity index (χ1) is 5.74. The maximum absolute atomic E-state index is 3.24. The molecular formula is C11H23N. The lowest BCUT2D eigenvalue weighted by atomic mass is 9.93. The van der Waals surface area contributed by atoms with Gasteiger partial charge in [0.15, 0.2) is 0 Å². The van der Waals surface area contributed by atoms with Crippen molar-refractivity contribution in [3.63, 3.8) is 0 Å². The summed E-state index contributed by atoms with van der Waals surface area (Å²) in [4.78, 5) is 0. The van der Waals surface area contributed by atoms with Crippen LogP contribution in [0.15, 0.2) is 0 Å². The molecule has 1 heteroatoms. The highest BCUT2D eigenvalue weighted by Gasteiger charge is 2.25. The van der Waals surface area contributed by atoms with Gasteiger partial charge in [0.2, 0.25) is 0 Å². The van der Waals surface area contributed by atoms with Crippen molar-refractivity contribution in [3.8, 4) is 0 Å². The molecule has 2 atom stereocenters. The van der Waals surface area contributed by atoms with E-state index in [-0.39, 0.29) is 0 Å². The molecule has 1 N–H and O–H groups in total. The van der Waals surface area contributed by atoms with E-state index in [0.29, 0.717) is 0 Å². The van der Waals surface area contributed by atoms with E-state index >= 15 is 0 Å². The van der Waals surface area contributed by atoms with E-state index in [0.717, 1.165) is 17.8 Å². The molecular weight excluding hydrogens is 146 g/mol. The van der Waals surface area contributed by atoms with Crippen LogP contribution in [-0.4, -0.2) is 13.6 Å². The lowest BCUT2D eigenvalue weighted by Gasteiger charge is -2.14. The lowest BCUT2D eigenvalue weighted by molar-refractivity contribution is 0.372. The molecule has 0 aromatic heterocycles. The third kappa shape index (κ3) is 2.78. The van der Waals surface area contributed by atoms with Crippen LogP contribution in [0.3, 0.4) is 0 Å². The van der Waals surface area contributed by atoms with Gasteiger partial charge >= 0.3 is 0 Å². The zero-order valence-electron chi connectivity index (χ0n) is 8.77. The van der Waals surface area contributed by atoms with Crippen molar-refractivity contribution in [1.29, 1.82) is 0 Å². The number of rotatable bonds is 4. The Morgan fingerprint density at radius 1 is 1.33 bits per heavy atom. The molecule has 0 aliphatic heterocycles. The summed E-state index contributed by atoms with van der Waals surface area (Å²) in [6.07, 6.45) is 5.83. The molecule has 0 saturated heterocycles. The Bertz CT molecular complexity index is 120. The second-order valence-corrected chi connectivity index (χ2v) is 4.58. The van der Waals surface area contributed by atoms with Gasteiger partial charge in [0.05, 0.1) is 0 Å². The van der Waals surface area contributed by atoms with Crippen LogP contribution in [0.1, 0.15) is 39.5 Å². The third-order valence-corrected chi connectivity index (χ3v) is 3.33. The Kier molecular flexibility index (Phi) is 4.07. The van der Waals surface area contributed by atoms with E-state index in [1.807, 2.05) is 0 Å². The van der Waals surface area contributed by atoms with E-state index in [4.69, 9.17) is 0 Å². The normalized spacial score (nSPS) is 30.0. The van der Waals surface area contributed by atoms with Crippen LogP contribution in [0, 0.1) is 17.8 Å². The summed E-state index contributed by atoms with van der Waals surface area (Å²) in [5.41, 5.74) is 0. The van der Waals surface area contributed by atoms with Gasteiger partial charge in [-0.3, -0.25) is 0 Å². The van der Waals surface area contributed by atoms with Crippen molar-refractivity contribution in [2.24, 2.45) is 17.8 Å². The van der Waals surface area contributed by atoms with Crippen LogP contribution in [0.25, 0.3) is 0 Å². The Hall–Kier alpha value is -0.0400. The lowest BCUT2D eigenvalue weighted by Crippen LogP contribution is -2.12. The Morgan fingerprint density at radius 2 is 2.08 bits per heavy atom. The molecule has 1 rings (SSSR count). The summed E-state index contributed by atoms with van der Waals surface area (Å²) < 4.78 is 0. The van der Waals surface area contributed by atoms with Crippen LogP contribution in [0.4, 0.5) is 0 Å². The predicted octanol–water partition coefficient (Wildman–Crippen LogP) is 2.67. The zero-order valence-corrected chi connectivity index (χ0v) is 8.77. The molecule has 2 unspecified atom stereocenters. The molecule has 72 valence electrons. The van der Waals surface area contributed by atoms with E-state index in [2.05, 4.69) is 26.2 Å². The molecule has 1 aliphatic rings. The number of nitrogens with one attached hydrogen (secondary N) is 1. The summed E-state index contributed by atoms with van der Waals surface area (Å²) in [6.45, 7) is 5.94. The van der Waals surface area contributed by atoms with Crippen molar-refractivity contribution in [3.05, 3.63) is 0 Å². The van der Waals surface area contributed by atoms with Crippen LogP contribution in [0.5, 0.6) is 0 Å². The Morgan fingerprint density at radius 3 is 2.58 bits per heavy atom. The summed E-state index contributed by atoms with van der Waals surface area (Å²) in [6, 6.07) is 0. The smallest absolute Gasteiger partial charge is 0.00493 e. The van der Waals surface area contributed by atoms with Gasteiger partial charge in [-0.1, -0.05) is 20.3 Å². The molecule has 0 spiro atoms. The van der Waals surface area contributed by atoms with E-state index in [9.17, 15) is 0 Å². The molecule has 0 bridgehead atoms. The molecule has 0 aromatic rings. The Labute approximate surface area is 76.9 Å². The van der Waals surface area contributed by atoms with Gasteiger partial charge in [0.25, 0.3) is 0 Å². The number of hydrogen-bond acceptors (Lipinski definition) is 1. The van der Waals surface area contributed by atoms with Gasteiger partial charge in [0.1, 0.15) is 0 Å². The first kappa shape index (κ1) is 10.0. The highest BCUT2D eigenvalue weighted by Crippen LogP contribution is 2.36. The maximum Gasteiger partial charge on any atom is -0.00493 e. The zero-order chi connectivity index (χ0) is 8.97. The Balaban J connectivity index is 2.17. The maximum atomic E-state index is 3.24. The second kappa shape index (κ2) is 4.86. The van der Waals surface area contributed by atoms with Crippen molar-refractivity contribution in [1.82, 2.24) is 5.32 Å². The quantitative estimate of drug-likeness (QED) is 0.682. The SMILES string of the molecule is CNCCC1CCC(C(C)C)C1. The second-order valence-electron chi connectivity index (χ2n) is 4.58. The van der Waals surface area contributed by atoms with Gasteiger partial charge in [-0.2, -0.15) is 0 Å². The van der Waals surface area contributed by atoms with Gasteiger partial charge in [-0.25, -0.2) is 0 Å². The first-order valence-corrected chi connectivity index (χ1v) is 5.38. The van der Waals surface area contributed by atoms with E-state index in [1.165, 1.54) is 32.2 Å². The fourth-order valence-electron chi connectivity index (χ4n) is 2.33. The van der Waals surface area contributed by atoms with Crippen molar-refractivity contribution in [2.75, 3.05) is 13.6 Å². The molecule has 0 heterocycles. The standard InChI is InChI=1S/C11H23N/c1-9(2)11-5-4-10(8-11)6-7-12-3/h9-12H,4-8H2,1-3H3. The molecule has 1 aliphatic carbocycles. The molecule has 0 aromatic carbocycles. The van der Waals surface area contributed by atoms with Crippen LogP contribution in [0.2, 0.25) is 0 Å². The van der Waals surface area contributed by atoms with Crippen molar-refractivity contribution < 1.29 is 0 Å². The fraction of sp³-hybridized carbons (Fsp3) is 1.00. The van der Waals surface area contributed by atoms with Crippen LogP contribution < -0.4 is 5.32 Å². The minimum absolute atomic E-state index is 0.907. The number of hydrogen-bond donors (Lipinski definition) is 1. The van der Waals surface area contributed by atoms with Gasteiger partial charge in [-0.15, -0.1) is 0 Å². The third-order valence-electron chi connectivity index (χ3n) is 3.33. The van der Waals surface area contributed by atoms with Crippen molar-refractivity contribution in [2.45, 2.75) is 39.5 Å². The van der Waals surface area contributed by atoms with Gasteiger partial charge in [-0.05, 0) is 50.6 Å². The predicted molar refractivity (Wildman–Crippen MR) is 54.2 cm³/mol. The minimum atomic E-state index is 0.907. The average Bonchev–Trinajstić information content (AvgIpc) is 2.48. The molecule has 1 nitrogen and oxygen atoms in total. The molecule has 0 radical (unpaired) electrons. The highest BCUT2D eigenvalue weighted by atomic mass is 14.8. The van der Waals surface area contributed by atoms with Crippen LogP contribution >= 0.6 is 0 Å². The molecule has 1 saturated carbocycles. The van der Waals surface area contributed by atoms with Gasteiger partial charge < -0.3 is 5.32 Å².